The number of H-pyrrole nitrogens is 1. The van der Waals surface area contributed by atoms with Crippen molar-refractivity contribution in [1.29, 1.82) is 0 Å². The molecule has 1 saturated carbocycles. The summed E-state index contributed by atoms with van der Waals surface area (Å²) in [6.07, 6.45) is 5.44. The second kappa shape index (κ2) is 6.34. The number of fused-ring (bicyclic) bond motifs is 1. The van der Waals surface area contributed by atoms with E-state index in [4.69, 9.17) is 0 Å². The molecule has 0 unspecified atom stereocenters. The third-order valence-corrected chi connectivity index (χ3v) is 4.56. The van der Waals surface area contributed by atoms with Crippen molar-refractivity contribution in [3.63, 3.8) is 0 Å². The molecule has 2 N–H and O–H groups in total. The first kappa shape index (κ1) is 14.8. The smallest absolute Gasteiger partial charge is 0.213 e. The van der Waals surface area contributed by atoms with Crippen molar-refractivity contribution in [2.24, 2.45) is 0 Å². The lowest BCUT2D eigenvalue weighted by molar-refractivity contribution is -0.355. The summed E-state index contributed by atoms with van der Waals surface area (Å²) in [5.74, 6) is -1.00. The van der Waals surface area contributed by atoms with Gasteiger partial charge in [0.15, 0.2) is 5.69 Å². The first-order valence-electron chi connectivity index (χ1n) is 8.05. The number of para-hydroxylation sites is 1. The number of carboxylic acid groups (broad SMARTS) is 1. The monoisotopic (exact) mass is 298 g/mol. The fourth-order valence-corrected chi connectivity index (χ4v) is 3.42. The summed E-state index contributed by atoms with van der Waals surface area (Å²) in [6.45, 7) is 2.01. The van der Waals surface area contributed by atoms with Crippen molar-refractivity contribution in [3.05, 3.63) is 35.5 Å². The highest BCUT2D eigenvalue weighted by Gasteiger charge is 2.21. The van der Waals surface area contributed by atoms with E-state index < -0.39 is 5.97 Å². The van der Waals surface area contributed by atoms with Gasteiger partial charge in [0, 0.05) is 30.6 Å². The lowest BCUT2D eigenvalue weighted by Crippen LogP contribution is -2.25. The van der Waals surface area contributed by atoms with Crippen LogP contribution in [0.4, 0.5) is 5.69 Å². The molecule has 1 aromatic carbocycles. The van der Waals surface area contributed by atoms with Crippen LogP contribution in [0, 0.1) is 6.92 Å². The number of aromatic amines is 1. The van der Waals surface area contributed by atoms with Gasteiger partial charge in [-0.25, -0.2) is 4.98 Å². The minimum Gasteiger partial charge on any atom is -0.550 e. The summed E-state index contributed by atoms with van der Waals surface area (Å²) in [5, 5.41) is 15.7. The van der Waals surface area contributed by atoms with Crippen LogP contribution in [0.25, 0.3) is 10.9 Å². The predicted molar refractivity (Wildman–Crippen MR) is 84.4 cm³/mol. The SMILES string of the molecule is Cc1[nH+]c2ccccc2c(NC2CCCC2)c1CCC(=O)[O-]. The van der Waals surface area contributed by atoms with E-state index in [0.29, 0.717) is 12.5 Å². The quantitative estimate of drug-likeness (QED) is 0.918. The van der Waals surface area contributed by atoms with Crippen molar-refractivity contribution in [3.8, 4) is 0 Å². The Labute approximate surface area is 130 Å². The molecule has 1 aliphatic carbocycles. The van der Waals surface area contributed by atoms with Crippen LogP contribution in [0.2, 0.25) is 0 Å². The first-order valence-corrected chi connectivity index (χ1v) is 8.05. The summed E-state index contributed by atoms with van der Waals surface area (Å²) in [7, 11) is 0. The normalized spacial score (nSPS) is 15.3. The Hall–Kier alpha value is -2.10. The highest BCUT2D eigenvalue weighted by molar-refractivity contribution is 5.91. The van der Waals surface area contributed by atoms with E-state index in [-0.39, 0.29) is 6.42 Å². The number of carbonyl (C=O) groups excluding carboxylic acids is 1. The molecule has 0 aliphatic heterocycles. The molecule has 116 valence electrons. The van der Waals surface area contributed by atoms with Gasteiger partial charge in [-0.2, -0.15) is 0 Å². The van der Waals surface area contributed by atoms with E-state index in [1.54, 1.807) is 0 Å². The second-order valence-electron chi connectivity index (χ2n) is 6.15. The lowest BCUT2D eigenvalue weighted by atomic mass is 10.0. The molecule has 4 nitrogen and oxygen atoms in total. The number of rotatable bonds is 5. The van der Waals surface area contributed by atoms with Crippen molar-refractivity contribution in [2.75, 3.05) is 5.32 Å². The summed E-state index contributed by atoms with van der Waals surface area (Å²) in [5.41, 5.74) is 4.27. The highest BCUT2D eigenvalue weighted by atomic mass is 16.4. The van der Waals surface area contributed by atoms with Crippen molar-refractivity contribution in [1.82, 2.24) is 0 Å². The molecule has 0 amide bonds. The third-order valence-electron chi connectivity index (χ3n) is 4.56. The molecule has 1 aromatic heterocycles. The van der Waals surface area contributed by atoms with Gasteiger partial charge in [-0.05, 0) is 31.7 Å². The number of aliphatic carboxylic acids is 1. The average molecular weight is 298 g/mol. The number of hydrogen-bond donors (Lipinski definition) is 1. The second-order valence-corrected chi connectivity index (χ2v) is 6.15. The van der Waals surface area contributed by atoms with Crippen molar-refractivity contribution in [2.45, 2.75) is 51.5 Å². The molecule has 1 fully saturated rings. The Bertz CT molecular complexity index is 691. The largest absolute Gasteiger partial charge is 0.550 e. The Balaban J connectivity index is 2.05. The van der Waals surface area contributed by atoms with E-state index in [9.17, 15) is 9.90 Å². The van der Waals surface area contributed by atoms with Crippen LogP contribution in [0.5, 0.6) is 0 Å². The van der Waals surface area contributed by atoms with Crippen LogP contribution in [-0.4, -0.2) is 12.0 Å². The van der Waals surface area contributed by atoms with Crippen LogP contribution in [0.3, 0.4) is 0 Å². The summed E-state index contributed by atoms with van der Waals surface area (Å²) in [6, 6.07) is 8.68. The van der Waals surface area contributed by atoms with Crippen LogP contribution in [-0.2, 0) is 11.2 Å². The van der Waals surface area contributed by atoms with Gasteiger partial charge in [0.1, 0.15) is 0 Å². The van der Waals surface area contributed by atoms with Crippen LogP contribution in [0.15, 0.2) is 24.3 Å². The number of hydrogen-bond acceptors (Lipinski definition) is 3. The Kier molecular flexibility index (Phi) is 4.27. The zero-order valence-electron chi connectivity index (χ0n) is 12.9. The summed E-state index contributed by atoms with van der Waals surface area (Å²) >= 11 is 0. The Morgan fingerprint density at radius 2 is 2.05 bits per heavy atom. The molecule has 22 heavy (non-hydrogen) atoms. The van der Waals surface area contributed by atoms with Crippen molar-refractivity contribution >= 4 is 22.6 Å². The van der Waals surface area contributed by atoms with Crippen LogP contribution in [0.1, 0.15) is 43.4 Å². The van der Waals surface area contributed by atoms with E-state index in [1.807, 2.05) is 19.1 Å². The van der Waals surface area contributed by atoms with E-state index in [2.05, 4.69) is 22.4 Å². The van der Waals surface area contributed by atoms with Gasteiger partial charge in [0.2, 0.25) is 5.52 Å². The minimum atomic E-state index is -1.00. The van der Waals surface area contributed by atoms with E-state index in [1.165, 1.54) is 25.7 Å². The Morgan fingerprint density at radius 1 is 1.32 bits per heavy atom. The fourth-order valence-electron chi connectivity index (χ4n) is 3.42. The molecule has 1 aliphatic rings. The van der Waals surface area contributed by atoms with Gasteiger partial charge in [-0.1, -0.05) is 25.0 Å². The summed E-state index contributed by atoms with van der Waals surface area (Å²) in [4.78, 5) is 14.3. The maximum absolute atomic E-state index is 10.9. The van der Waals surface area contributed by atoms with Crippen LogP contribution < -0.4 is 15.4 Å². The van der Waals surface area contributed by atoms with E-state index in [0.717, 1.165) is 27.8 Å². The van der Waals surface area contributed by atoms with Gasteiger partial charge in [0.25, 0.3) is 0 Å². The molecule has 0 saturated heterocycles. The molecular weight excluding hydrogens is 276 g/mol. The highest BCUT2D eigenvalue weighted by Crippen LogP contribution is 2.31. The number of aryl methyl sites for hydroxylation is 1. The number of benzene rings is 1. The molecule has 3 rings (SSSR count). The molecule has 1 heterocycles. The Morgan fingerprint density at radius 3 is 2.77 bits per heavy atom. The standard InChI is InChI=1S/C18H22N2O2/c1-12-14(10-11-17(21)22)18(20-13-6-2-3-7-13)15-8-4-5-9-16(15)19-12/h4-5,8-9,13H,2-3,6-7,10-11H2,1H3,(H,19,20)(H,21,22). The molecule has 2 aromatic rings. The molecular formula is C18H22N2O2. The van der Waals surface area contributed by atoms with Gasteiger partial charge < -0.3 is 15.2 Å². The average Bonchev–Trinajstić information content (AvgIpc) is 2.99. The lowest BCUT2D eigenvalue weighted by Gasteiger charge is -2.18. The van der Waals surface area contributed by atoms with Gasteiger partial charge in [0.05, 0.1) is 11.1 Å². The number of pyridine rings is 1. The van der Waals surface area contributed by atoms with Gasteiger partial charge >= 0.3 is 0 Å². The molecule has 4 heteroatoms. The topological polar surface area (TPSA) is 66.3 Å². The molecule has 0 bridgehead atoms. The molecule has 0 radical (unpaired) electrons. The van der Waals surface area contributed by atoms with Crippen molar-refractivity contribution < 1.29 is 14.9 Å². The van der Waals surface area contributed by atoms with E-state index >= 15 is 0 Å². The number of nitrogens with one attached hydrogen (secondary N) is 2. The zero-order chi connectivity index (χ0) is 15.5. The number of aromatic nitrogens is 1. The number of anilines is 1. The zero-order valence-corrected chi connectivity index (χ0v) is 12.9. The van der Waals surface area contributed by atoms with Gasteiger partial charge in [-0.15, -0.1) is 0 Å². The predicted octanol–water partition coefficient (Wildman–Crippen LogP) is 2.00. The van der Waals surface area contributed by atoms with Gasteiger partial charge in [-0.3, -0.25) is 0 Å². The fraction of sp³-hybridized carbons (Fsp3) is 0.444. The minimum absolute atomic E-state index is 0.0480. The maximum Gasteiger partial charge on any atom is 0.213 e. The first-order chi connectivity index (χ1) is 10.6. The molecule has 0 spiro atoms. The third kappa shape index (κ3) is 3.06. The molecule has 0 atom stereocenters. The summed E-state index contributed by atoms with van der Waals surface area (Å²) < 4.78 is 0. The van der Waals surface area contributed by atoms with Crippen LogP contribution >= 0.6 is 0 Å². The maximum atomic E-state index is 10.9. The number of carbonyl (C=O) groups is 1. The number of carboxylic acids is 1.